The van der Waals surface area contributed by atoms with Gasteiger partial charge < -0.3 is 68.7 Å². The average Bonchev–Trinajstić information content (AvgIpc) is 1.38. The van der Waals surface area contributed by atoms with E-state index in [1.807, 2.05) is 144 Å². The number of carbonyl (C=O) groups is 2. The van der Waals surface area contributed by atoms with Crippen molar-refractivity contribution >= 4 is 117 Å². The fourth-order valence-electron chi connectivity index (χ4n) is 13.3. The zero-order valence-electron chi connectivity index (χ0n) is 63.3. The van der Waals surface area contributed by atoms with E-state index in [1.54, 1.807) is 31.7 Å². The number of aliphatic hydroxyl groups excluding tert-OH is 4. The molecule has 1 aromatic carbocycles. The number of nitrogens with two attached hydrogens (primary N) is 1. The SMILES string of the molecule is CCCCOc1cc(CC2CNC(=O)C2)ccc1OC.CC[C@H]1O[C@@H](n2cc(Br)c(=O)[nH]c2=O)C[C@@H]1O.CC[C@H]1O[C@@H](n2cc(I)c(=O)[nH]c2=O)C[C@@H]1O.CC[C@H]1O[C@@H](n2cc(I)c(=O)[nH]c2=O)C[C@@H]1O.CC[C@H]1O[C@@H](n2cc(I)c(=O)[nH]c2=O)C[C@@H]1O.C[C@@H]1C[C@](C)(C(=O)c2ccco2)C=C1c1ccco1.Nc1nccs1. The molecule has 11 N–H and O–H groups in total. The van der Waals surface area contributed by atoms with Crippen molar-refractivity contribution in [1.82, 2.24) is 48.5 Å². The molecular weight excluding hydrogens is 1900 g/mol. The molecule has 33 nitrogen and oxygen atoms in total. The third-order valence-corrected chi connectivity index (χ3v) is 22.7. The number of nitrogen functional groups attached to an aromatic ring is 1. The third-order valence-electron chi connectivity index (χ3n) is 19.2. The Balaban J connectivity index is 0.000000167. The molecule has 0 spiro atoms. The van der Waals surface area contributed by atoms with Crippen LogP contribution in [0.4, 0.5) is 5.13 Å². The van der Waals surface area contributed by atoms with Crippen LogP contribution in [-0.4, -0.2) is 144 Å². The van der Waals surface area contributed by atoms with Gasteiger partial charge in [0.05, 0.1) is 95.7 Å². The van der Waals surface area contributed by atoms with Crippen LogP contribution < -0.4 is 65.5 Å². The summed E-state index contributed by atoms with van der Waals surface area (Å²) in [5.41, 5.74) is 3.21. The molecule has 0 saturated carbocycles. The molecule has 113 heavy (non-hydrogen) atoms. The number of methoxy groups -OCH3 is 1. The number of ether oxygens (including phenoxy) is 6. The summed E-state index contributed by atoms with van der Waals surface area (Å²) >= 11 is 10.1. The lowest BCUT2D eigenvalue weighted by atomic mass is 9.82. The van der Waals surface area contributed by atoms with Crippen molar-refractivity contribution < 1.29 is 67.3 Å². The van der Waals surface area contributed by atoms with E-state index in [9.17, 15) is 68.4 Å². The quantitative estimate of drug-likeness (QED) is 0.0219. The standard InChI is InChI=1S/C16H23NO3.C16H16O3.C10H13BrN2O4.3C10H13IN2O4.C3H4N2S/c1-3-4-7-20-15-9-12(5-6-14(15)19-2)8-13-10-16(18)17-11-13;1-11-9-16(2,15(17)14-6-4-8-19-14)10-12(11)13-5-3-7-18-13;4*1-2-7-6(14)3-8(17-7)13-4-5(11)9(15)12-10(13)16;4-3-5-1-2-6-3/h5-6,9,13H,3-4,7-8,10-11H2,1-2H3,(H,17,18);3-8,10-11H,9H2,1-2H3;4*4,6-8,14H,2-3H2,1H3,(H,12,15,16);1-2H,(H2,4,5)/t;11-,16+;4*6-,7+,8+;/m.10000./s1. The van der Waals surface area contributed by atoms with Crippen LogP contribution in [0.25, 0.3) is 5.57 Å². The first-order chi connectivity index (χ1) is 53.8. The monoisotopic (exact) mass is 1990 g/mol. The number of furan rings is 2. The molecular formula is C75H95BrI3N11O22S. The molecule has 616 valence electrons. The molecule has 1 unspecified atom stereocenters. The Bertz CT molecular complexity index is 4590. The lowest BCUT2D eigenvalue weighted by molar-refractivity contribution is -0.119. The number of thiazole rings is 1. The van der Waals surface area contributed by atoms with Crippen LogP contribution >= 0.6 is 95.0 Å². The van der Waals surface area contributed by atoms with Gasteiger partial charge in [0.1, 0.15) is 30.7 Å². The second kappa shape index (κ2) is 43.1. The summed E-state index contributed by atoms with van der Waals surface area (Å²) in [5, 5.41) is 44.2. The smallest absolute Gasteiger partial charge is 0.330 e. The molecule has 0 radical (unpaired) electrons. The van der Waals surface area contributed by atoms with E-state index in [0.717, 1.165) is 55.1 Å². The van der Waals surface area contributed by atoms with E-state index in [0.29, 0.717) is 97.8 Å². The van der Waals surface area contributed by atoms with Crippen LogP contribution in [0.5, 0.6) is 11.5 Å². The van der Waals surface area contributed by atoms with Crippen molar-refractivity contribution in [3.63, 3.8) is 0 Å². The molecule has 8 aromatic rings. The highest BCUT2D eigenvalue weighted by Gasteiger charge is 2.43. The van der Waals surface area contributed by atoms with Crippen molar-refractivity contribution in [3.8, 4) is 11.5 Å². The summed E-state index contributed by atoms with van der Waals surface area (Å²) in [6.45, 7) is 15.3. The number of Topliss-reactive ketones (excluding diaryl/α,β-unsaturated/α-hetero) is 1. The Morgan fingerprint density at radius 1 is 0.646 bits per heavy atom. The van der Waals surface area contributed by atoms with Crippen LogP contribution in [0.1, 0.15) is 172 Å². The predicted molar refractivity (Wildman–Crippen MR) is 447 cm³/mol. The van der Waals surface area contributed by atoms with E-state index in [1.165, 1.54) is 66.2 Å². The molecule has 12 heterocycles. The number of unbranched alkanes of at least 4 members (excludes halogenated alkanes) is 1. The van der Waals surface area contributed by atoms with E-state index >= 15 is 0 Å². The van der Waals surface area contributed by atoms with Crippen LogP contribution in [0.2, 0.25) is 0 Å². The van der Waals surface area contributed by atoms with Crippen molar-refractivity contribution in [1.29, 1.82) is 0 Å². The van der Waals surface area contributed by atoms with Crippen LogP contribution in [-0.2, 0) is 30.2 Å². The minimum absolute atomic E-state index is 0.0332. The van der Waals surface area contributed by atoms with Crippen molar-refractivity contribution in [2.24, 2.45) is 17.3 Å². The van der Waals surface area contributed by atoms with Gasteiger partial charge in [0.2, 0.25) is 11.7 Å². The van der Waals surface area contributed by atoms with Crippen molar-refractivity contribution in [2.45, 2.75) is 206 Å². The van der Waals surface area contributed by atoms with Crippen LogP contribution in [0.15, 0.2) is 149 Å². The average molecular weight is 2000 g/mol. The molecule has 5 fully saturated rings. The number of carbonyl (C=O) groups excluding carboxylic acids is 2. The molecule has 15 atom stereocenters. The first kappa shape index (κ1) is 91.3. The molecule has 1 amide bonds. The molecule has 0 bridgehead atoms. The van der Waals surface area contributed by atoms with Crippen molar-refractivity contribution in [3.05, 3.63) is 213 Å². The molecule has 1 aliphatic carbocycles. The summed E-state index contributed by atoms with van der Waals surface area (Å²) in [7, 11) is 1.65. The minimum atomic E-state index is -0.581. The summed E-state index contributed by atoms with van der Waals surface area (Å²) in [6.07, 6.45) is 15.9. The van der Waals surface area contributed by atoms with Crippen molar-refractivity contribution in [2.75, 3.05) is 26.0 Å². The third kappa shape index (κ3) is 24.9. The lowest BCUT2D eigenvalue weighted by Gasteiger charge is -2.19. The molecule has 5 aliphatic heterocycles. The maximum atomic E-state index is 12.5. The number of H-pyrrole nitrogens is 4. The number of rotatable bonds is 18. The normalized spacial score (nSPS) is 25.2. The number of aromatic amines is 4. The van der Waals surface area contributed by atoms with Gasteiger partial charge in [-0.15, -0.1) is 11.3 Å². The highest BCUT2D eigenvalue weighted by molar-refractivity contribution is 14.1. The highest BCUT2D eigenvalue weighted by Crippen LogP contribution is 2.46. The van der Waals surface area contributed by atoms with Crippen LogP contribution in [0.3, 0.4) is 0 Å². The number of ketones is 1. The number of nitrogens with zero attached hydrogens (tertiary/aromatic N) is 5. The zero-order valence-corrected chi connectivity index (χ0v) is 72.2. The van der Waals surface area contributed by atoms with E-state index in [2.05, 4.69) is 60.0 Å². The van der Waals surface area contributed by atoms with Crippen LogP contribution in [0, 0.1) is 28.0 Å². The van der Waals surface area contributed by atoms with E-state index in [-0.39, 0.29) is 40.6 Å². The number of hydrogen-bond donors (Lipinski definition) is 10. The summed E-state index contributed by atoms with van der Waals surface area (Å²) < 4.78 is 50.8. The number of nitrogens with one attached hydrogen (secondary N) is 5. The topological polar surface area (TPSA) is 467 Å². The second-order valence-electron chi connectivity index (χ2n) is 27.5. The fourth-order valence-corrected chi connectivity index (χ4v) is 15.3. The van der Waals surface area contributed by atoms with E-state index < -0.39 is 99.7 Å². The Morgan fingerprint density at radius 2 is 1.10 bits per heavy atom. The van der Waals surface area contributed by atoms with Gasteiger partial charge >= 0.3 is 22.8 Å². The Labute approximate surface area is 701 Å². The Morgan fingerprint density at radius 3 is 1.46 bits per heavy atom. The van der Waals surface area contributed by atoms with Gasteiger partial charge in [0.25, 0.3) is 22.2 Å². The minimum Gasteiger partial charge on any atom is -0.493 e. The van der Waals surface area contributed by atoms with Gasteiger partial charge in [-0.2, -0.15) is 0 Å². The molecule has 5 saturated heterocycles. The number of aliphatic hydroxyl groups is 4. The maximum absolute atomic E-state index is 12.5. The molecule has 6 aliphatic rings. The summed E-state index contributed by atoms with van der Waals surface area (Å²) in [4.78, 5) is 128. The number of anilines is 1. The summed E-state index contributed by atoms with van der Waals surface area (Å²) in [5.74, 6) is 3.72. The number of halogens is 4. The Hall–Kier alpha value is -7.24. The van der Waals surface area contributed by atoms with Gasteiger partial charge in [-0.1, -0.05) is 60.1 Å². The van der Waals surface area contributed by atoms with Gasteiger partial charge in [-0.05, 0) is 195 Å². The highest BCUT2D eigenvalue weighted by atomic mass is 127. The van der Waals surface area contributed by atoms with E-state index in [4.69, 9.17) is 43.0 Å². The number of benzene rings is 1. The number of hydrogen-bond acceptors (Lipinski definition) is 25. The predicted octanol–water partition coefficient (Wildman–Crippen LogP) is 8.42. The lowest BCUT2D eigenvalue weighted by Crippen LogP contribution is -2.33. The number of amides is 1. The Kier molecular flexibility index (Phi) is 34.8. The maximum Gasteiger partial charge on any atom is 0.330 e. The zero-order chi connectivity index (χ0) is 82.5. The first-order valence-corrected chi connectivity index (χ1v) is 41.7. The van der Waals surface area contributed by atoms with Gasteiger partial charge in [-0.3, -0.25) is 67.0 Å². The number of aromatic nitrogens is 9. The van der Waals surface area contributed by atoms with Gasteiger partial charge in [-0.25, -0.2) is 24.2 Å². The molecule has 14 rings (SSSR count). The molecule has 7 aromatic heterocycles. The largest absolute Gasteiger partial charge is 0.493 e. The second-order valence-corrected chi connectivity index (χ2v) is 32.7. The van der Waals surface area contributed by atoms with Gasteiger partial charge in [0, 0.05) is 75.0 Å². The molecule has 38 heteroatoms. The fraction of sp³-hybridized carbons (Fsp3) is 0.507. The van der Waals surface area contributed by atoms with Gasteiger partial charge in [0.15, 0.2) is 22.4 Å². The first-order valence-electron chi connectivity index (χ1n) is 36.8. The summed E-state index contributed by atoms with van der Waals surface area (Å²) in [6, 6.07) is 13.3. The number of allylic oxidation sites excluding steroid dienone is 2.